The highest BCUT2D eigenvalue weighted by Gasteiger charge is 2.35. The van der Waals surface area contributed by atoms with Gasteiger partial charge in [-0.1, -0.05) is 19.4 Å². The van der Waals surface area contributed by atoms with Crippen molar-refractivity contribution in [3.05, 3.63) is 35.9 Å². The summed E-state index contributed by atoms with van der Waals surface area (Å²) in [5, 5.41) is 19.9. The van der Waals surface area contributed by atoms with Crippen LogP contribution in [0, 0.1) is 0 Å². The van der Waals surface area contributed by atoms with Crippen molar-refractivity contribution in [2.75, 3.05) is 12.3 Å². The van der Waals surface area contributed by atoms with Crippen molar-refractivity contribution < 1.29 is 19.7 Å². The largest absolute Gasteiger partial charge is 0.506 e. The van der Waals surface area contributed by atoms with Crippen LogP contribution < -0.4 is 5.73 Å². The number of ketones is 1. The van der Waals surface area contributed by atoms with Gasteiger partial charge < -0.3 is 20.7 Å². The lowest BCUT2D eigenvalue weighted by atomic mass is 10.0. The minimum Gasteiger partial charge on any atom is -0.506 e. The number of ether oxygens (including phenoxy) is 1. The molecule has 0 saturated carbocycles. The summed E-state index contributed by atoms with van der Waals surface area (Å²) < 4.78 is 5.30. The van der Waals surface area contributed by atoms with Gasteiger partial charge in [0, 0.05) is 5.56 Å². The quantitative estimate of drug-likeness (QED) is 0.178. The lowest BCUT2D eigenvalue weighted by Crippen LogP contribution is -2.40. The second-order valence-electron chi connectivity index (χ2n) is 4.50. The van der Waals surface area contributed by atoms with Gasteiger partial charge >= 0.3 is 0 Å². The fourth-order valence-electron chi connectivity index (χ4n) is 1.68. The SMILES string of the molecule is CC=CC(O)(OCCCC)C(=O)c1ccc(N)c(O)c1. The van der Waals surface area contributed by atoms with E-state index in [1.54, 1.807) is 13.0 Å². The average molecular weight is 279 g/mol. The molecule has 0 aliphatic heterocycles. The number of Topliss-reactive ketones (excluding diaryl/α,β-unsaturated/α-hetero) is 1. The number of nitrogen functional groups attached to an aromatic ring is 1. The van der Waals surface area contributed by atoms with E-state index in [9.17, 15) is 15.0 Å². The molecule has 1 aromatic carbocycles. The summed E-state index contributed by atoms with van der Waals surface area (Å²) in [6.45, 7) is 3.93. The Morgan fingerprint density at radius 1 is 1.50 bits per heavy atom. The maximum atomic E-state index is 12.3. The van der Waals surface area contributed by atoms with E-state index >= 15 is 0 Å². The molecular formula is C15H21NO4. The zero-order chi connectivity index (χ0) is 15.2. The van der Waals surface area contributed by atoms with Gasteiger partial charge in [0.1, 0.15) is 5.75 Å². The molecule has 5 heteroatoms. The van der Waals surface area contributed by atoms with Crippen LogP contribution in [0.3, 0.4) is 0 Å². The summed E-state index contributed by atoms with van der Waals surface area (Å²) in [5.74, 6) is -2.86. The van der Waals surface area contributed by atoms with Gasteiger partial charge in [-0.25, -0.2) is 0 Å². The highest BCUT2D eigenvalue weighted by atomic mass is 16.6. The van der Waals surface area contributed by atoms with Gasteiger partial charge in [-0.2, -0.15) is 0 Å². The molecule has 110 valence electrons. The minimum absolute atomic E-state index is 0.133. The number of phenols is 1. The minimum atomic E-state index is -2.02. The molecule has 0 bridgehead atoms. The van der Waals surface area contributed by atoms with Gasteiger partial charge in [-0.15, -0.1) is 0 Å². The first kappa shape index (κ1) is 16.2. The van der Waals surface area contributed by atoms with Gasteiger partial charge in [0.25, 0.3) is 5.79 Å². The number of phenolic OH excluding ortho intramolecular Hbond substituents is 1. The predicted molar refractivity (Wildman–Crippen MR) is 77.5 cm³/mol. The van der Waals surface area contributed by atoms with Crippen LogP contribution in [0.5, 0.6) is 5.75 Å². The summed E-state index contributed by atoms with van der Waals surface area (Å²) in [6, 6.07) is 4.06. The van der Waals surface area contributed by atoms with E-state index in [-0.39, 0.29) is 23.6 Å². The second kappa shape index (κ2) is 7.07. The highest BCUT2D eigenvalue weighted by Crippen LogP contribution is 2.25. The molecular weight excluding hydrogens is 258 g/mol. The normalized spacial score (nSPS) is 14.3. The highest BCUT2D eigenvalue weighted by molar-refractivity contribution is 6.03. The Morgan fingerprint density at radius 2 is 2.20 bits per heavy atom. The summed E-state index contributed by atoms with van der Waals surface area (Å²) in [6.07, 6.45) is 4.46. The Bertz CT molecular complexity index is 499. The molecule has 0 fully saturated rings. The smallest absolute Gasteiger partial charge is 0.251 e. The number of unbranched alkanes of at least 4 members (excludes halogenated alkanes) is 1. The zero-order valence-electron chi connectivity index (χ0n) is 11.8. The maximum absolute atomic E-state index is 12.3. The van der Waals surface area contributed by atoms with E-state index < -0.39 is 11.6 Å². The number of nitrogens with two attached hydrogens (primary N) is 1. The number of carbonyl (C=O) groups excluding carboxylic acids is 1. The number of hydrogen-bond donors (Lipinski definition) is 3. The lowest BCUT2D eigenvalue weighted by molar-refractivity contribution is -0.132. The second-order valence-corrected chi connectivity index (χ2v) is 4.50. The average Bonchev–Trinajstić information content (AvgIpc) is 2.41. The number of rotatable bonds is 7. The molecule has 1 aromatic rings. The van der Waals surface area contributed by atoms with E-state index in [4.69, 9.17) is 10.5 Å². The molecule has 5 nitrogen and oxygen atoms in total. The van der Waals surface area contributed by atoms with Gasteiger partial charge in [0.15, 0.2) is 0 Å². The first-order chi connectivity index (χ1) is 9.44. The van der Waals surface area contributed by atoms with Crippen molar-refractivity contribution in [2.45, 2.75) is 32.5 Å². The van der Waals surface area contributed by atoms with E-state index in [0.29, 0.717) is 0 Å². The van der Waals surface area contributed by atoms with Gasteiger partial charge in [0.2, 0.25) is 5.78 Å². The molecule has 0 aliphatic carbocycles. The number of carbonyl (C=O) groups is 1. The summed E-state index contributed by atoms with van der Waals surface area (Å²) >= 11 is 0. The van der Waals surface area contributed by atoms with E-state index in [2.05, 4.69) is 0 Å². The Kier molecular flexibility index (Phi) is 5.73. The Balaban J connectivity index is 3.00. The van der Waals surface area contributed by atoms with Crippen LogP contribution >= 0.6 is 0 Å². The van der Waals surface area contributed by atoms with Crippen molar-refractivity contribution in [3.8, 4) is 5.75 Å². The van der Waals surface area contributed by atoms with Gasteiger partial charge in [0.05, 0.1) is 12.3 Å². The van der Waals surface area contributed by atoms with Gasteiger partial charge in [-0.05, 0) is 37.6 Å². The van der Waals surface area contributed by atoms with Crippen LogP contribution in [0.1, 0.15) is 37.0 Å². The summed E-state index contributed by atoms with van der Waals surface area (Å²) in [5.41, 5.74) is 5.79. The third-order valence-corrected chi connectivity index (χ3v) is 2.83. The van der Waals surface area contributed by atoms with Crippen molar-refractivity contribution >= 4 is 11.5 Å². The van der Waals surface area contributed by atoms with Crippen molar-refractivity contribution in [3.63, 3.8) is 0 Å². The molecule has 1 rings (SSSR count). The zero-order valence-corrected chi connectivity index (χ0v) is 11.8. The number of allylic oxidation sites excluding steroid dienone is 1. The first-order valence-electron chi connectivity index (χ1n) is 6.58. The third kappa shape index (κ3) is 3.82. The monoisotopic (exact) mass is 279 g/mol. The molecule has 4 N–H and O–H groups in total. The molecule has 0 saturated heterocycles. The molecule has 0 aromatic heterocycles. The van der Waals surface area contributed by atoms with Crippen LogP contribution in [0.25, 0.3) is 0 Å². The number of aliphatic hydroxyl groups is 1. The lowest BCUT2D eigenvalue weighted by Gasteiger charge is -2.23. The third-order valence-electron chi connectivity index (χ3n) is 2.83. The van der Waals surface area contributed by atoms with E-state index in [1.807, 2.05) is 6.92 Å². The first-order valence-corrected chi connectivity index (χ1v) is 6.58. The fourth-order valence-corrected chi connectivity index (χ4v) is 1.68. The Hall–Kier alpha value is -1.85. The van der Waals surface area contributed by atoms with Crippen molar-refractivity contribution in [1.29, 1.82) is 0 Å². The molecule has 1 unspecified atom stereocenters. The van der Waals surface area contributed by atoms with Crippen LogP contribution in [0.2, 0.25) is 0 Å². The number of aromatic hydroxyl groups is 1. The maximum Gasteiger partial charge on any atom is 0.251 e. The van der Waals surface area contributed by atoms with E-state index in [0.717, 1.165) is 12.8 Å². The molecule has 0 spiro atoms. The number of anilines is 1. The topological polar surface area (TPSA) is 92.8 Å². The number of benzene rings is 1. The standard InChI is InChI=1S/C15H21NO4/c1-3-5-9-20-15(19,8-4-2)14(18)11-6-7-12(16)13(17)10-11/h4,6-8,10,17,19H,3,5,9,16H2,1-2H3. The molecule has 0 aliphatic rings. The van der Waals surface area contributed by atoms with Crippen molar-refractivity contribution in [1.82, 2.24) is 0 Å². The molecule has 0 amide bonds. The Morgan fingerprint density at radius 3 is 2.75 bits per heavy atom. The van der Waals surface area contributed by atoms with E-state index in [1.165, 1.54) is 24.3 Å². The number of hydrogen-bond acceptors (Lipinski definition) is 5. The molecule has 0 radical (unpaired) electrons. The fraction of sp³-hybridized carbons (Fsp3) is 0.400. The molecule has 20 heavy (non-hydrogen) atoms. The summed E-state index contributed by atoms with van der Waals surface area (Å²) in [7, 11) is 0. The van der Waals surface area contributed by atoms with Crippen LogP contribution in [0.15, 0.2) is 30.4 Å². The van der Waals surface area contributed by atoms with Crippen LogP contribution in [-0.4, -0.2) is 28.4 Å². The Labute approximate surface area is 118 Å². The van der Waals surface area contributed by atoms with Crippen molar-refractivity contribution in [2.24, 2.45) is 0 Å². The van der Waals surface area contributed by atoms with Crippen LogP contribution in [0.4, 0.5) is 5.69 Å². The predicted octanol–water partition coefficient (Wildman–Crippen LogP) is 2.24. The molecule has 0 heterocycles. The van der Waals surface area contributed by atoms with Gasteiger partial charge in [-0.3, -0.25) is 4.79 Å². The molecule has 1 atom stereocenters. The summed E-state index contributed by atoms with van der Waals surface area (Å²) in [4.78, 5) is 12.3. The van der Waals surface area contributed by atoms with Crippen LogP contribution in [-0.2, 0) is 4.74 Å².